The molecule has 6 heteroatoms. The number of halogens is 1. The second-order valence-electron chi connectivity index (χ2n) is 3.75. The van der Waals surface area contributed by atoms with E-state index in [1.807, 2.05) is 0 Å². The van der Waals surface area contributed by atoms with Gasteiger partial charge in [0.25, 0.3) is 0 Å². The predicted molar refractivity (Wildman–Crippen MR) is 69.1 cm³/mol. The summed E-state index contributed by atoms with van der Waals surface area (Å²) in [5.41, 5.74) is 6.63. The molecule has 0 fully saturated rings. The van der Waals surface area contributed by atoms with Crippen LogP contribution in [0, 0.1) is 0 Å². The minimum Gasteiger partial charge on any atom is -0.399 e. The van der Waals surface area contributed by atoms with Crippen molar-refractivity contribution >= 4 is 28.9 Å². The van der Waals surface area contributed by atoms with Crippen molar-refractivity contribution in [1.29, 1.82) is 0 Å². The van der Waals surface area contributed by atoms with Gasteiger partial charge in [-0.15, -0.1) is 0 Å². The van der Waals surface area contributed by atoms with E-state index in [-0.39, 0.29) is 19.1 Å². The van der Waals surface area contributed by atoms with Crippen molar-refractivity contribution in [2.75, 3.05) is 37.8 Å². The Labute approximate surface area is 105 Å². The van der Waals surface area contributed by atoms with Crippen LogP contribution in [0.3, 0.4) is 0 Å². The Bertz CT molecular complexity index is 398. The molecule has 0 saturated heterocycles. The van der Waals surface area contributed by atoms with Crippen molar-refractivity contribution in [3.63, 3.8) is 0 Å². The highest BCUT2D eigenvalue weighted by Crippen LogP contribution is 2.23. The normalized spacial score (nSPS) is 10.6. The van der Waals surface area contributed by atoms with Crippen molar-refractivity contribution in [3.05, 3.63) is 23.2 Å². The fourth-order valence-corrected chi connectivity index (χ4v) is 1.49. The minimum absolute atomic E-state index is 0.0167. The Hall–Kier alpha value is -1.30. The molecule has 0 atom stereocenters. The number of benzene rings is 1. The van der Waals surface area contributed by atoms with E-state index >= 15 is 0 Å². The molecular weight excluding hydrogens is 242 g/mol. The highest BCUT2D eigenvalue weighted by molar-refractivity contribution is 6.33. The molecule has 4 N–H and O–H groups in total. The molecular formula is C11H16ClN3O2. The number of hydrogen-bond acceptors (Lipinski definition) is 4. The number of hydrogen-bond donors (Lipinski definition) is 3. The van der Waals surface area contributed by atoms with Gasteiger partial charge in [-0.2, -0.15) is 0 Å². The first kappa shape index (κ1) is 13.8. The molecule has 94 valence electrons. The molecule has 1 aromatic carbocycles. The van der Waals surface area contributed by atoms with E-state index in [0.29, 0.717) is 22.9 Å². The standard InChI is InChI=1S/C11H16ClN3O2/c1-15(4-5-16)7-11(17)14-10-6-8(13)2-3-9(10)12/h2-3,6,16H,4-5,7,13H2,1H3,(H,14,17). The van der Waals surface area contributed by atoms with Gasteiger partial charge >= 0.3 is 0 Å². The zero-order chi connectivity index (χ0) is 12.8. The molecule has 0 radical (unpaired) electrons. The van der Waals surface area contributed by atoms with Crippen molar-refractivity contribution < 1.29 is 9.90 Å². The van der Waals surface area contributed by atoms with Crippen LogP contribution in [-0.4, -0.2) is 42.7 Å². The zero-order valence-electron chi connectivity index (χ0n) is 9.61. The maximum atomic E-state index is 11.6. The Morgan fingerprint density at radius 3 is 2.94 bits per heavy atom. The van der Waals surface area contributed by atoms with Crippen LogP contribution in [-0.2, 0) is 4.79 Å². The summed E-state index contributed by atoms with van der Waals surface area (Å²) in [5.74, 6) is -0.201. The Kier molecular flexibility index (Phi) is 5.21. The number of likely N-dealkylation sites (N-methyl/N-ethyl adjacent to an activating group) is 1. The van der Waals surface area contributed by atoms with Crippen LogP contribution in [0.5, 0.6) is 0 Å². The van der Waals surface area contributed by atoms with Gasteiger partial charge in [-0.05, 0) is 25.2 Å². The van der Waals surface area contributed by atoms with Crippen molar-refractivity contribution in [3.8, 4) is 0 Å². The summed E-state index contributed by atoms with van der Waals surface area (Å²) >= 11 is 5.91. The van der Waals surface area contributed by atoms with Gasteiger partial charge in [-0.1, -0.05) is 11.6 Å². The van der Waals surface area contributed by atoms with Crippen molar-refractivity contribution in [1.82, 2.24) is 4.90 Å². The van der Waals surface area contributed by atoms with Gasteiger partial charge in [0.05, 0.1) is 23.9 Å². The van der Waals surface area contributed by atoms with E-state index in [4.69, 9.17) is 22.4 Å². The third kappa shape index (κ3) is 4.60. The average Bonchev–Trinajstić information content (AvgIpc) is 2.23. The lowest BCUT2D eigenvalue weighted by atomic mass is 10.3. The molecule has 0 saturated carbocycles. The quantitative estimate of drug-likeness (QED) is 0.682. The molecule has 0 aromatic heterocycles. The molecule has 0 unspecified atom stereocenters. The third-order valence-corrected chi connectivity index (χ3v) is 2.49. The second-order valence-corrected chi connectivity index (χ2v) is 4.16. The second kappa shape index (κ2) is 6.44. The number of aliphatic hydroxyl groups excluding tert-OH is 1. The fraction of sp³-hybridized carbons (Fsp3) is 0.364. The van der Waals surface area contributed by atoms with Crippen molar-refractivity contribution in [2.24, 2.45) is 0 Å². The van der Waals surface area contributed by atoms with E-state index in [1.165, 1.54) is 0 Å². The number of nitrogen functional groups attached to an aromatic ring is 1. The highest BCUT2D eigenvalue weighted by Gasteiger charge is 2.08. The van der Waals surface area contributed by atoms with Gasteiger partial charge in [0, 0.05) is 12.2 Å². The van der Waals surface area contributed by atoms with Gasteiger partial charge in [-0.25, -0.2) is 0 Å². The first-order valence-corrected chi connectivity index (χ1v) is 5.55. The number of nitrogens with one attached hydrogen (secondary N) is 1. The van der Waals surface area contributed by atoms with Crippen molar-refractivity contribution in [2.45, 2.75) is 0 Å². The van der Waals surface area contributed by atoms with Gasteiger partial charge in [0.1, 0.15) is 0 Å². The summed E-state index contributed by atoms with van der Waals surface area (Å²) < 4.78 is 0. The van der Waals surface area contributed by atoms with Gasteiger partial charge in [-0.3, -0.25) is 9.69 Å². The van der Waals surface area contributed by atoms with E-state index in [0.717, 1.165) is 0 Å². The van der Waals surface area contributed by atoms with Gasteiger partial charge < -0.3 is 16.2 Å². The van der Waals surface area contributed by atoms with Crippen LogP contribution in [0.1, 0.15) is 0 Å². The number of nitrogens with zero attached hydrogens (tertiary/aromatic N) is 1. The molecule has 5 nitrogen and oxygen atoms in total. The predicted octanol–water partition coefficient (Wildman–Crippen LogP) is 0.785. The number of carbonyl (C=O) groups is 1. The number of carbonyl (C=O) groups excluding carboxylic acids is 1. The molecule has 1 amide bonds. The summed E-state index contributed by atoms with van der Waals surface area (Å²) in [6.45, 7) is 0.645. The summed E-state index contributed by atoms with van der Waals surface area (Å²) in [5, 5.41) is 11.8. The van der Waals surface area contributed by atoms with E-state index in [1.54, 1.807) is 30.1 Å². The van der Waals surface area contributed by atoms with E-state index in [9.17, 15) is 4.79 Å². The molecule has 1 rings (SSSR count). The molecule has 0 aliphatic heterocycles. The lowest BCUT2D eigenvalue weighted by Gasteiger charge is -2.15. The van der Waals surface area contributed by atoms with Gasteiger partial charge in [0.2, 0.25) is 5.91 Å². The van der Waals surface area contributed by atoms with Crippen LogP contribution in [0.4, 0.5) is 11.4 Å². The molecule has 0 spiro atoms. The largest absolute Gasteiger partial charge is 0.399 e. The minimum atomic E-state index is -0.201. The number of nitrogens with two attached hydrogens (primary N) is 1. The van der Waals surface area contributed by atoms with E-state index < -0.39 is 0 Å². The van der Waals surface area contributed by atoms with Crippen LogP contribution >= 0.6 is 11.6 Å². The summed E-state index contributed by atoms with van der Waals surface area (Å²) in [4.78, 5) is 13.3. The monoisotopic (exact) mass is 257 g/mol. The smallest absolute Gasteiger partial charge is 0.238 e. The Balaban J connectivity index is 2.58. The fourth-order valence-electron chi connectivity index (χ4n) is 1.32. The number of amides is 1. The lowest BCUT2D eigenvalue weighted by molar-refractivity contribution is -0.117. The topological polar surface area (TPSA) is 78.6 Å². The highest BCUT2D eigenvalue weighted by atomic mass is 35.5. The maximum Gasteiger partial charge on any atom is 0.238 e. The zero-order valence-corrected chi connectivity index (χ0v) is 10.4. The van der Waals surface area contributed by atoms with E-state index in [2.05, 4.69) is 5.32 Å². The van der Waals surface area contributed by atoms with Crippen LogP contribution in [0.15, 0.2) is 18.2 Å². The molecule has 0 bridgehead atoms. The molecule has 0 aliphatic rings. The molecule has 17 heavy (non-hydrogen) atoms. The SMILES string of the molecule is CN(CCO)CC(=O)Nc1cc(N)ccc1Cl. The average molecular weight is 258 g/mol. The molecule has 0 aliphatic carbocycles. The molecule has 1 aromatic rings. The van der Waals surface area contributed by atoms with Crippen LogP contribution in [0.2, 0.25) is 5.02 Å². The summed E-state index contributed by atoms with van der Waals surface area (Å²) in [7, 11) is 1.75. The third-order valence-electron chi connectivity index (χ3n) is 2.16. The summed E-state index contributed by atoms with van der Waals surface area (Å²) in [6.07, 6.45) is 0. The maximum absolute atomic E-state index is 11.6. The first-order chi connectivity index (χ1) is 8.02. The number of rotatable bonds is 5. The molecule has 0 heterocycles. The van der Waals surface area contributed by atoms with Gasteiger partial charge in [0.15, 0.2) is 0 Å². The first-order valence-electron chi connectivity index (χ1n) is 5.17. The van der Waals surface area contributed by atoms with Crippen LogP contribution in [0.25, 0.3) is 0 Å². The Morgan fingerprint density at radius 2 is 2.29 bits per heavy atom. The summed E-state index contributed by atoms with van der Waals surface area (Å²) in [6, 6.07) is 4.89. The Morgan fingerprint density at radius 1 is 1.59 bits per heavy atom. The van der Waals surface area contributed by atoms with Crippen LogP contribution < -0.4 is 11.1 Å². The lowest BCUT2D eigenvalue weighted by Crippen LogP contribution is -2.32. The number of aliphatic hydroxyl groups is 1. The number of anilines is 2.